The molecule has 17 heavy (non-hydrogen) atoms. The molecule has 1 atom stereocenters. The first-order chi connectivity index (χ1) is 8.03. The van der Waals surface area contributed by atoms with Gasteiger partial charge in [0.1, 0.15) is 0 Å². The molecule has 7 heteroatoms. The van der Waals surface area contributed by atoms with Gasteiger partial charge in [-0.05, 0) is 18.7 Å². The first-order valence-electron chi connectivity index (χ1n) is 5.32. The SMILES string of the molecule is CCC(CSC)NS(=O)(=O)c1csc(CN)c1. The van der Waals surface area contributed by atoms with Gasteiger partial charge in [0.25, 0.3) is 0 Å². The van der Waals surface area contributed by atoms with Gasteiger partial charge in [-0.2, -0.15) is 11.8 Å². The van der Waals surface area contributed by atoms with E-state index in [4.69, 9.17) is 5.73 Å². The fraction of sp³-hybridized carbons (Fsp3) is 0.600. The predicted molar refractivity (Wildman–Crippen MR) is 75.0 cm³/mol. The number of rotatable bonds is 7. The molecule has 0 aliphatic carbocycles. The lowest BCUT2D eigenvalue weighted by molar-refractivity contribution is 0.558. The van der Waals surface area contributed by atoms with Crippen LogP contribution in [0.2, 0.25) is 0 Å². The zero-order valence-corrected chi connectivity index (χ0v) is 12.4. The number of hydrogen-bond donors (Lipinski definition) is 2. The van der Waals surface area contributed by atoms with Gasteiger partial charge in [-0.3, -0.25) is 0 Å². The molecule has 0 saturated heterocycles. The highest BCUT2D eigenvalue weighted by atomic mass is 32.2. The van der Waals surface area contributed by atoms with Gasteiger partial charge in [-0.15, -0.1) is 11.3 Å². The van der Waals surface area contributed by atoms with Crippen LogP contribution in [0.5, 0.6) is 0 Å². The second-order valence-corrected chi connectivity index (χ2v) is 7.26. The molecule has 0 radical (unpaired) electrons. The highest BCUT2D eigenvalue weighted by Crippen LogP contribution is 2.19. The Balaban J connectivity index is 2.80. The van der Waals surface area contributed by atoms with Gasteiger partial charge in [0.15, 0.2) is 0 Å². The Morgan fingerprint density at radius 2 is 2.29 bits per heavy atom. The molecule has 0 fully saturated rings. The third-order valence-corrected chi connectivity index (χ3v) is 5.67. The summed E-state index contributed by atoms with van der Waals surface area (Å²) in [4.78, 5) is 1.20. The van der Waals surface area contributed by atoms with Gasteiger partial charge in [0.2, 0.25) is 10.0 Å². The molecule has 0 spiro atoms. The molecule has 3 N–H and O–H groups in total. The molecular weight excluding hydrogens is 276 g/mol. The van der Waals surface area contributed by atoms with Gasteiger partial charge < -0.3 is 5.73 Å². The van der Waals surface area contributed by atoms with Gasteiger partial charge in [-0.1, -0.05) is 6.92 Å². The molecule has 0 aliphatic rings. The van der Waals surface area contributed by atoms with E-state index in [1.165, 1.54) is 11.3 Å². The van der Waals surface area contributed by atoms with Gasteiger partial charge >= 0.3 is 0 Å². The molecular formula is C10H18N2O2S3. The minimum atomic E-state index is -3.39. The van der Waals surface area contributed by atoms with Crippen molar-refractivity contribution in [2.24, 2.45) is 5.73 Å². The second-order valence-electron chi connectivity index (χ2n) is 3.63. The van der Waals surface area contributed by atoms with Crippen molar-refractivity contribution in [3.63, 3.8) is 0 Å². The molecule has 98 valence electrons. The average Bonchev–Trinajstić information content (AvgIpc) is 2.77. The molecule has 1 heterocycles. The molecule has 0 amide bonds. The fourth-order valence-corrected chi connectivity index (χ4v) is 4.63. The molecule has 1 rings (SSSR count). The lowest BCUT2D eigenvalue weighted by Gasteiger charge is -2.15. The largest absolute Gasteiger partial charge is 0.326 e. The van der Waals surface area contributed by atoms with E-state index in [1.54, 1.807) is 23.2 Å². The van der Waals surface area contributed by atoms with Crippen LogP contribution in [0, 0.1) is 0 Å². The molecule has 1 aromatic heterocycles. The Kier molecular flexibility index (Phi) is 5.94. The maximum atomic E-state index is 12.1. The zero-order chi connectivity index (χ0) is 12.9. The molecule has 4 nitrogen and oxygen atoms in total. The van der Waals surface area contributed by atoms with Crippen molar-refractivity contribution in [1.29, 1.82) is 0 Å². The number of hydrogen-bond acceptors (Lipinski definition) is 5. The second kappa shape index (κ2) is 6.75. The normalized spacial score (nSPS) is 13.8. The minimum absolute atomic E-state index is 0.0174. The summed E-state index contributed by atoms with van der Waals surface area (Å²) in [5.41, 5.74) is 5.47. The van der Waals surface area contributed by atoms with E-state index in [0.29, 0.717) is 11.4 Å². The summed E-state index contributed by atoms with van der Waals surface area (Å²) in [6.45, 7) is 2.35. The van der Waals surface area contributed by atoms with Crippen molar-refractivity contribution < 1.29 is 8.42 Å². The van der Waals surface area contributed by atoms with E-state index >= 15 is 0 Å². The van der Waals surface area contributed by atoms with E-state index < -0.39 is 10.0 Å². The Bertz CT molecular complexity index is 442. The van der Waals surface area contributed by atoms with E-state index in [1.807, 2.05) is 13.2 Å². The van der Waals surface area contributed by atoms with Crippen LogP contribution in [-0.2, 0) is 16.6 Å². The Morgan fingerprint density at radius 3 is 2.76 bits per heavy atom. The summed E-state index contributed by atoms with van der Waals surface area (Å²) in [6.07, 6.45) is 2.75. The van der Waals surface area contributed by atoms with Crippen LogP contribution >= 0.6 is 23.1 Å². The standard InChI is InChI=1S/C10H18N2O2S3/c1-3-8(6-15-2)12-17(13,14)10-4-9(5-11)16-7-10/h4,7-8,12H,3,5-6,11H2,1-2H3. The van der Waals surface area contributed by atoms with Crippen molar-refractivity contribution in [3.8, 4) is 0 Å². The maximum absolute atomic E-state index is 12.1. The zero-order valence-electron chi connectivity index (χ0n) is 9.97. The van der Waals surface area contributed by atoms with Crippen LogP contribution in [0.1, 0.15) is 18.2 Å². The van der Waals surface area contributed by atoms with E-state index in [-0.39, 0.29) is 6.04 Å². The number of nitrogens with one attached hydrogen (secondary N) is 1. The Morgan fingerprint density at radius 1 is 1.59 bits per heavy atom. The lowest BCUT2D eigenvalue weighted by Crippen LogP contribution is -2.35. The topological polar surface area (TPSA) is 72.2 Å². The molecule has 1 aromatic rings. The van der Waals surface area contributed by atoms with Gasteiger partial charge in [0.05, 0.1) is 4.90 Å². The highest BCUT2D eigenvalue weighted by molar-refractivity contribution is 7.98. The maximum Gasteiger partial charge on any atom is 0.241 e. The monoisotopic (exact) mass is 294 g/mol. The lowest BCUT2D eigenvalue weighted by atomic mass is 10.3. The van der Waals surface area contributed by atoms with Crippen LogP contribution in [0.15, 0.2) is 16.3 Å². The number of nitrogens with two attached hydrogens (primary N) is 1. The Labute approximate surface area is 111 Å². The summed E-state index contributed by atoms with van der Waals surface area (Å²) in [5.74, 6) is 0.781. The Hall–Kier alpha value is -0.0800. The van der Waals surface area contributed by atoms with Gasteiger partial charge in [-0.25, -0.2) is 13.1 Å². The fourth-order valence-electron chi connectivity index (χ4n) is 1.33. The van der Waals surface area contributed by atoms with E-state index in [0.717, 1.165) is 17.1 Å². The van der Waals surface area contributed by atoms with Crippen LogP contribution in [0.3, 0.4) is 0 Å². The van der Waals surface area contributed by atoms with Crippen molar-refractivity contribution in [2.75, 3.05) is 12.0 Å². The van der Waals surface area contributed by atoms with Crippen LogP contribution < -0.4 is 10.5 Å². The van der Waals surface area contributed by atoms with Crippen molar-refractivity contribution in [1.82, 2.24) is 4.72 Å². The van der Waals surface area contributed by atoms with E-state index in [2.05, 4.69) is 4.72 Å². The summed E-state index contributed by atoms with van der Waals surface area (Å²) in [7, 11) is -3.39. The molecule has 1 unspecified atom stereocenters. The quantitative estimate of drug-likeness (QED) is 0.801. The first kappa shape index (κ1) is 15.0. The molecule has 0 aliphatic heterocycles. The third kappa shape index (κ3) is 4.26. The third-order valence-electron chi connectivity index (χ3n) is 2.32. The highest BCUT2D eigenvalue weighted by Gasteiger charge is 2.19. The molecule has 0 aromatic carbocycles. The first-order valence-corrected chi connectivity index (χ1v) is 9.08. The van der Waals surface area contributed by atoms with Crippen molar-refractivity contribution >= 4 is 33.1 Å². The van der Waals surface area contributed by atoms with Crippen LogP contribution in [-0.4, -0.2) is 26.5 Å². The summed E-state index contributed by atoms with van der Waals surface area (Å²) in [6, 6.07) is 1.62. The summed E-state index contributed by atoms with van der Waals surface area (Å²) < 4.78 is 26.8. The summed E-state index contributed by atoms with van der Waals surface area (Å²) in [5, 5.41) is 1.64. The average molecular weight is 294 g/mol. The summed E-state index contributed by atoms with van der Waals surface area (Å²) >= 11 is 3.01. The van der Waals surface area contributed by atoms with Crippen molar-refractivity contribution in [3.05, 3.63) is 16.3 Å². The van der Waals surface area contributed by atoms with Crippen molar-refractivity contribution in [2.45, 2.75) is 30.8 Å². The molecule has 0 bridgehead atoms. The van der Waals surface area contributed by atoms with Crippen LogP contribution in [0.4, 0.5) is 0 Å². The molecule has 0 saturated carbocycles. The van der Waals surface area contributed by atoms with Crippen LogP contribution in [0.25, 0.3) is 0 Å². The number of thiophene rings is 1. The minimum Gasteiger partial charge on any atom is -0.326 e. The smallest absolute Gasteiger partial charge is 0.241 e. The van der Waals surface area contributed by atoms with Gasteiger partial charge in [0, 0.05) is 28.6 Å². The number of sulfonamides is 1. The van der Waals surface area contributed by atoms with E-state index in [9.17, 15) is 8.42 Å². The predicted octanol–water partition coefficient (Wildman–Crippen LogP) is 1.63. The number of thioether (sulfide) groups is 1.